The van der Waals surface area contributed by atoms with Gasteiger partial charge in [-0.25, -0.2) is 0 Å². The number of carboxylic acids is 1. The molecule has 1 atom stereocenters. The third kappa shape index (κ3) is 4.48. The van der Waals surface area contributed by atoms with Gasteiger partial charge in [0.25, 0.3) is 0 Å². The molecular formula is C16H31NO2. The Hall–Kier alpha value is -0.570. The Balaban J connectivity index is 2.66. The standard InChI is InChI=1S/C16H31NO2/c1-12(2)10-14(4)17(5)11-16(15(18)19)8-6-13(3)7-9-16/h12-14H,6-11H2,1-5H3,(H,18,19). The van der Waals surface area contributed by atoms with E-state index in [-0.39, 0.29) is 0 Å². The number of hydrogen-bond donors (Lipinski definition) is 1. The Labute approximate surface area is 118 Å². The van der Waals surface area contributed by atoms with E-state index < -0.39 is 11.4 Å². The van der Waals surface area contributed by atoms with Crippen LogP contribution < -0.4 is 0 Å². The van der Waals surface area contributed by atoms with Crippen LogP contribution in [0, 0.1) is 17.3 Å². The van der Waals surface area contributed by atoms with Crippen LogP contribution >= 0.6 is 0 Å². The minimum atomic E-state index is -0.594. The molecule has 0 aliphatic heterocycles. The molecule has 0 aromatic heterocycles. The summed E-state index contributed by atoms with van der Waals surface area (Å²) in [6.07, 6.45) is 4.91. The lowest BCUT2D eigenvalue weighted by Crippen LogP contribution is -2.46. The van der Waals surface area contributed by atoms with E-state index in [2.05, 4.69) is 39.6 Å². The van der Waals surface area contributed by atoms with Crippen LogP contribution in [-0.4, -0.2) is 35.6 Å². The molecule has 0 radical (unpaired) electrons. The van der Waals surface area contributed by atoms with Crippen molar-refractivity contribution in [2.24, 2.45) is 17.3 Å². The molecule has 1 unspecified atom stereocenters. The molecule has 0 amide bonds. The van der Waals surface area contributed by atoms with Gasteiger partial charge < -0.3 is 10.0 Å². The van der Waals surface area contributed by atoms with Crippen LogP contribution in [0.15, 0.2) is 0 Å². The van der Waals surface area contributed by atoms with Crippen LogP contribution in [0.25, 0.3) is 0 Å². The van der Waals surface area contributed by atoms with Crippen molar-refractivity contribution in [1.29, 1.82) is 0 Å². The van der Waals surface area contributed by atoms with Crippen LogP contribution in [0.2, 0.25) is 0 Å². The molecule has 19 heavy (non-hydrogen) atoms. The van der Waals surface area contributed by atoms with Crippen molar-refractivity contribution in [1.82, 2.24) is 4.90 Å². The fraction of sp³-hybridized carbons (Fsp3) is 0.938. The SMILES string of the molecule is CC(C)CC(C)N(C)CC1(C(=O)O)CCC(C)CC1. The third-order valence-electron chi connectivity index (χ3n) is 4.80. The lowest BCUT2D eigenvalue weighted by molar-refractivity contribution is -0.153. The topological polar surface area (TPSA) is 40.5 Å². The molecule has 1 aliphatic carbocycles. The van der Waals surface area contributed by atoms with Crippen molar-refractivity contribution in [2.45, 2.75) is 65.8 Å². The molecule has 0 spiro atoms. The molecule has 1 saturated carbocycles. The molecule has 0 saturated heterocycles. The van der Waals surface area contributed by atoms with Gasteiger partial charge in [0, 0.05) is 12.6 Å². The average molecular weight is 269 g/mol. The summed E-state index contributed by atoms with van der Waals surface area (Å²) in [5.74, 6) is 0.749. The molecule has 3 heteroatoms. The van der Waals surface area contributed by atoms with E-state index in [1.165, 1.54) is 0 Å². The monoisotopic (exact) mass is 269 g/mol. The van der Waals surface area contributed by atoms with Crippen LogP contribution in [0.5, 0.6) is 0 Å². The van der Waals surface area contributed by atoms with Gasteiger partial charge in [-0.15, -0.1) is 0 Å². The first-order valence-corrected chi connectivity index (χ1v) is 7.70. The van der Waals surface area contributed by atoms with Crippen LogP contribution in [0.1, 0.15) is 59.8 Å². The Kier molecular flexibility index (Phi) is 5.84. The Morgan fingerprint density at radius 2 is 1.84 bits per heavy atom. The van der Waals surface area contributed by atoms with Gasteiger partial charge in [-0.3, -0.25) is 4.79 Å². The normalized spacial score (nSPS) is 29.7. The van der Waals surface area contributed by atoms with Gasteiger partial charge in [-0.1, -0.05) is 20.8 Å². The van der Waals surface area contributed by atoms with Crippen molar-refractivity contribution in [3.05, 3.63) is 0 Å². The third-order valence-corrected chi connectivity index (χ3v) is 4.80. The smallest absolute Gasteiger partial charge is 0.310 e. The van der Waals surface area contributed by atoms with E-state index in [1.54, 1.807) is 0 Å². The van der Waals surface area contributed by atoms with Crippen molar-refractivity contribution in [2.75, 3.05) is 13.6 Å². The predicted octanol–water partition coefficient (Wildman–Crippen LogP) is 3.63. The Bertz CT molecular complexity index is 293. The molecule has 112 valence electrons. The summed E-state index contributed by atoms with van der Waals surface area (Å²) in [4.78, 5) is 14.0. The molecule has 0 heterocycles. The average Bonchev–Trinajstić information content (AvgIpc) is 2.31. The lowest BCUT2D eigenvalue weighted by Gasteiger charge is -2.40. The summed E-state index contributed by atoms with van der Waals surface area (Å²) in [6, 6.07) is 0.454. The van der Waals surface area contributed by atoms with E-state index >= 15 is 0 Å². The van der Waals surface area contributed by atoms with E-state index in [4.69, 9.17) is 0 Å². The molecule has 3 nitrogen and oxygen atoms in total. The molecule has 1 rings (SSSR count). The minimum Gasteiger partial charge on any atom is -0.481 e. The maximum Gasteiger partial charge on any atom is 0.310 e. The predicted molar refractivity (Wildman–Crippen MR) is 79.2 cm³/mol. The highest BCUT2D eigenvalue weighted by Crippen LogP contribution is 2.40. The first-order valence-electron chi connectivity index (χ1n) is 7.70. The van der Waals surface area contributed by atoms with Crippen molar-refractivity contribution >= 4 is 5.97 Å². The van der Waals surface area contributed by atoms with Crippen molar-refractivity contribution in [3.8, 4) is 0 Å². The molecular weight excluding hydrogens is 238 g/mol. The molecule has 1 aliphatic rings. The molecule has 1 fully saturated rings. The van der Waals surface area contributed by atoms with E-state index in [0.29, 0.717) is 24.4 Å². The van der Waals surface area contributed by atoms with E-state index in [1.807, 2.05) is 0 Å². The highest BCUT2D eigenvalue weighted by atomic mass is 16.4. The quantitative estimate of drug-likeness (QED) is 0.800. The van der Waals surface area contributed by atoms with Gasteiger partial charge in [-0.2, -0.15) is 0 Å². The fourth-order valence-electron chi connectivity index (χ4n) is 3.25. The first-order chi connectivity index (χ1) is 8.77. The summed E-state index contributed by atoms with van der Waals surface area (Å²) >= 11 is 0. The van der Waals surface area contributed by atoms with Crippen LogP contribution in [0.3, 0.4) is 0 Å². The number of aliphatic carboxylic acids is 1. The van der Waals surface area contributed by atoms with Crippen molar-refractivity contribution < 1.29 is 9.90 Å². The number of carbonyl (C=O) groups is 1. The first kappa shape index (κ1) is 16.5. The second-order valence-corrected chi connectivity index (χ2v) is 7.16. The highest BCUT2D eigenvalue weighted by Gasteiger charge is 2.42. The zero-order chi connectivity index (χ0) is 14.6. The van der Waals surface area contributed by atoms with Gasteiger partial charge in [-0.05, 0) is 57.9 Å². The maximum absolute atomic E-state index is 11.7. The fourth-order valence-corrected chi connectivity index (χ4v) is 3.25. The molecule has 0 aromatic carbocycles. The Morgan fingerprint density at radius 1 is 1.32 bits per heavy atom. The zero-order valence-corrected chi connectivity index (χ0v) is 13.3. The summed E-state index contributed by atoms with van der Waals surface area (Å²) < 4.78 is 0. The summed E-state index contributed by atoms with van der Waals surface area (Å²) in [6.45, 7) is 9.58. The van der Waals surface area contributed by atoms with Gasteiger partial charge in [0.15, 0.2) is 0 Å². The highest BCUT2D eigenvalue weighted by molar-refractivity contribution is 5.75. The largest absolute Gasteiger partial charge is 0.481 e. The second-order valence-electron chi connectivity index (χ2n) is 7.16. The zero-order valence-electron chi connectivity index (χ0n) is 13.3. The van der Waals surface area contributed by atoms with Crippen LogP contribution in [0.4, 0.5) is 0 Å². The minimum absolute atomic E-state index is 0.454. The summed E-state index contributed by atoms with van der Waals surface area (Å²) in [5, 5.41) is 9.66. The lowest BCUT2D eigenvalue weighted by atomic mass is 9.70. The number of rotatable bonds is 6. The van der Waals surface area contributed by atoms with Gasteiger partial charge in [0.2, 0.25) is 0 Å². The number of carboxylic acid groups (broad SMARTS) is 1. The maximum atomic E-state index is 11.7. The Morgan fingerprint density at radius 3 is 2.26 bits per heavy atom. The number of nitrogens with zero attached hydrogens (tertiary/aromatic N) is 1. The van der Waals surface area contributed by atoms with E-state index in [9.17, 15) is 9.90 Å². The molecule has 0 bridgehead atoms. The molecule has 0 aromatic rings. The summed E-state index contributed by atoms with van der Waals surface area (Å²) in [5.41, 5.74) is -0.507. The second kappa shape index (κ2) is 6.74. The molecule has 1 N–H and O–H groups in total. The van der Waals surface area contributed by atoms with Crippen LogP contribution in [-0.2, 0) is 4.79 Å². The number of hydrogen-bond acceptors (Lipinski definition) is 2. The van der Waals surface area contributed by atoms with Gasteiger partial charge in [0.1, 0.15) is 0 Å². The van der Waals surface area contributed by atoms with Gasteiger partial charge in [0.05, 0.1) is 5.41 Å². The van der Waals surface area contributed by atoms with Crippen molar-refractivity contribution in [3.63, 3.8) is 0 Å². The van der Waals surface area contributed by atoms with Gasteiger partial charge >= 0.3 is 5.97 Å². The van der Waals surface area contributed by atoms with E-state index in [0.717, 1.165) is 32.1 Å². The summed E-state index contributed by atoms with van der Waals surface area (Å²) in [7, 11) is 2.08.